The topological polar surface area (TPSA) is 80.0 Å². The van der Waals surface area contributed by atoms with Crippen LogP contribution in [0.3, 0.4) is 0 Å². The molecule has 0 bridgehead atoms. The Morgan fingerprint density at radius 3 is 2.75 bits per heavy atom. The highest BCUT2D eigenvalue weighted by Gasteiger charge is 2.12. The first-order valence-electron chi connectivity index (χ1n) is 9.92. The molecule has 9 heteroatoms. The van der Waals surface area contributed by atoms with Crippen LogP contribution >= 0.6 is 23.1 Å². The molecule has 0 amide bonds. The third-order valence-corrected chi connectivity index (χ3v) is 5.53. The van der Waals surface area contributed by atoms with Gasteiger partial charge in [-0.05, 0) is 32.4 Å². The van der Waals surface area contributed by atoms with Crippen molar-refractivity contribution in [3.8, 4) is 0 Å². The number of aryl methyl sites for hydroxylation is 2. The van der Waals surface area contributed by atoms with Crippen molar-refractivity contribution in [1.29, 1.82) is 0 Å². The Labute approximate surface area is 176 Å². The van der Waals surface area contributed by atoms with Crippen LogP contribution in [0.1, 0.15) is 43.7 Å². The summed E-state index contributed by atoms with van der Waals surface area (Å²) in [6.07, 6.45) is 4.80. The van der Waals surface area contributed by atoms with Crippen LogP contribution in [0, 0.1) is 12.8 Å². The van der Waals surface area contributed by atoms with E-state index in [0.29, 0.717) is 5.92 Å². The largest absolute Gasteiger partial charge is 0.357 e. The summed E-state index contributed by atoms with van der Waals surface area (Å²) in [6.45, 7) is 12.0. The molecule has 2 aromatic rings. The van der Waals surface area contributed by atoms with E-state index in [1.807, 2.05) is 6.92 Å². The smallest absolute Gasteiger partial charge is 0.191 e. The van der Waals surface area contributed by atoms with Crippen molar-refractivity contribution in [3.63, 3.8) is 0 Å². The lowest BCUT2D eigenvalue weighted by Crippen LogP contribution is -2.38. The predicted octanol–water partition coefficient (Wildman–Crippen LogP) is 3.15. The number of rotatable bonds is 11. The number of nitrogens with zero attached hydrogens (tertiary/aromatic N) is 5. The van der Waals surface area contributed by atoms with Crippen LogP contribution in [0.5, 0.6) is 0 Å². The zero-order chi connectivity index (χ0) is 20.4. The van der Waals surface area contributed by atoms with Crippen LogP contribution in [0.4, 0.5) is 0 Å². The summed E-state index contributed by atoms with van der Waals surface area (Å²) in [5.74, 6) is 2.50. The van der Waals surface area contributed by atoms with Crippen molar-refractivity contribution < 1.29 is 0 Å². The van der Waals surface area contributed by atoms with E-state index in [4.69, 9.17) is 4.99 Å². The Morgan fingerprint density at radius 1 is 1.29 bits per heavy atom. The fraction of sp³-hybridized carbons (Fsp3) is 0.684. The van der Waals surface area contributed by atoms with Crippen molar-refractivity contribution >= 4 is 29.1 Å². The number of thioether (sulfide) groups is 1. The van der Waals surface area contributed by atoms with Gasteiger partial charge in [-0.15, -0.1) is 21.5 Å². The SMILES string of the molecule is CCNC(=NCCCc1nnc(SC)n1CC(C)C)NCCc1csc(C)n1. The van der Waals surface area contributed by atoms with Crippen LogP contribution < -0.4 is 10.6 Å². The van der Waals surface area contributed by atoms with Crippen molar-refractivity contribution in [2.24, 2.45) is 10.9 Å². The molecule has 7 nitrogen and oxygen atoms in total. The molecule has 0 fully saturated rings. The van der Waals surface area contributed by atoms with Crippen LogP contribution in [0.2, 0.25) is 0 Å². The summed E-state index contributed by atoms with van der Waals surface area (Å²) in [5.41, 5.74) is 1.14. The molecular weight excluding hydrogens is 390 g/mol. The molecule has 0 saturated heterocycles. The molecule has 2 N–H and O–H groups in total. The van der Waals surface area contributed by atoms with Gasteiger partial charge < -0.3 is 15.2 Å². The maximum atomic E-state index is 4.70. The van der Waals surface area contributed by atoms with Gasteiger partial charge in [0.15, 0.2) is 11.1 Å². The summed E-state index contributed by atoms with van der Waals surface area (Å²) in [6, 6.07) is 0. The Morgan fingerprint density at radius 2 is 2.11 bits per heavy atom. The maximum absolute atomic E-state index is 4.70. The second kappa shape index (κ2) is 12.1. The average molecular weight is 424 g/mol. The molecule has 0 saturated carbocycles. The first-order chi connectivity index (χ1) is 13.5. The second-order valence-electron chi connectivity index (χ2n) is 7.01. The van der Waals surface area contributed by atoms with Gasteiger partial charge in [-0.25, -0.2) is 4.98 Å². The van der Waals surface area contributed by atoms with Crippen LogP contribution in [0.15, 0.2) is 15.5 Å². The number of hydrogen-bond acceptors (Lipinski definition) is 6. The first-order valence-corrected chi connectivity index (χ1v) is 12.0. The fourth-order valence-corrected chi connectivity index (χ4v) is 3.98. The molecule has 0 unspecified atom stereocenters. The monoisotopic (exact) mass is 423 g/mol. The van der Waals surface area contributed by atoms with E-state index in [9.17, 15) is 0 Å². The Bertz CT molecular complexity index is 736. The van der Waals surface area contributed by atoms with Crippen molar-refractivity contribution in [1.82, 2.24) is 30.4 Å². The first kappa shape index (κ1) is 22.7. The lowest BCUT2D eigenvalue weighted by atomic mass is 10.2. The molecule has 0 aliphatic carbocycles. The summed E-state index contributed by atoms with van der Waals surface area (Å²) < 4.78 is 2.25. The molecule has 156 valence electrons. The van der Waals surface area contributed by atoms with E-state index >= 15 is 0 Å². The number of guanidine groups is 1. The fourth-order valence-electron chi connectivity index (χ4n) is 2.81. The van der Waals surface area contributed by atoms with E-state index in [1.165, 1.54) is 0 Å². The summed E-state index contributed by atoms with van der Waals surface area (Å²) in [7, 11) is 0. The van der Waals surface area contributed by atoms with Gasteiger partial charge in [0, 0.05) is 44.4 Å². The van der Waals surface area contributed by atoms with E-state index in [-0.39, 0.29) is 0 Å². The zero-order valence-electron chi connectivity index (χ0n) is 17.7. The molecule has 28 heavy (non-hydrogen) atoms. The number of thiazole rings is 1. The quantitative estimate of drug-likeness (QED) is 0.250. The molecular formula is C19H33N7S2. The second-order valence-corrected chi connectivity index (χ2v) is 8.84. The minimum atomic E-state index is 0.574. The van der Waals surface area contributed by atoms with Crippen LogP contribution in [-0.4, -0.2) is 51.6 Å². The van der Waals surface area contributed by atoms with E-state index in [1.54, 1.807) is 23.1 Å². The van der Waals surface area contributed by atoms with E-state index < -0.39 is 0 Å². The Hall–Kier alpha value is -1.61. The molecule has 2 heterocycles. The number of nitrogens with one attached hydrogen (secondary N) is 2. The molecule has 2 rings (SSSR count). The van der Waals surface area contributed by atoms with Gasteiger partial charge in [0.1, 0.15) is 5.82 Å². The molecule has 0 aromatic carbocycles. The highest BCUT2D eigenvalue weighted by molar-refractivity contribution is 7.98. The highest BCUT2D eigenvalue weighted by atomic mass is 32.2. The average Bonchev–Trinajstić information content (AvgIpc) is 3.24. The zero-order valence-corrected chi connectivity index (χ0v) is 19.3. The van der Waals surface area contributed by atoms with Gasteiger partial charge in [0.25, 0.3) is 0 Å². The molecule has 2 aromatic heterocycles. The molecule has 0 radical (unpaired) electrons. The van der Waals surface area contributed by atoms with Gasteiger partial charge in [-0.2, -0.15) is 0 Å². The van der Waals surface area contributed by atoms with Crippen molar-refractivity contribution in [2.45, 2.75) is 58.7 Å². The van der Waals surface area contributed by atoms with Gasteiger partial charge in [-0.1, -0.05) is 25.6 Å². The summed E-state index contributed by atoms with van der Waals surface area (Å²) in [4.78, 5) is 9.20. The lowest BCUT2D eigenvalue weighted by Gasteiger charge is -2.12. The molecule has 0 aliphatic heterocycles. The third kappa shape index (κ3) is 7.43. The molecule has 0 aliphatic rings. The van der Waals surface area contributed by atoms with Crippen LogP contribution in [0.25, 0.3) is 0 Å². The Kier molecular flexibility index (Phi) is 9.77. The predicted molar refractivity (Wildman–Crippen MR) is 119 cm³/mol. The summed E-state index contributed by atoms with van der Waals surface area (Å²) in [5, 5.41) is 19.6. The van der Waals surface area contributed by atoms with Crippen molar-refractivity contribution in [2.75, 3.05) is 25.9 Å². The summed E-state index contributed by atoms with van der Waals surface area (Å²) >= 11 is 3.35. The number of aliphatic imine (C=N–C) groups is 1. The van der Waals surface area contributed by atoms with E-state index in [0.717, 1.165) is 73.1 Å². The molecule has 0 atom stereocenters. The lowest BCUT2D eigenvalue weighted by molar-refractivity contribution is 0.477. The normalized spacial score (nSPS) is 12.0. The molecule has 0 spiro atoms. The van der Waals surface area contributed by atoms with Crippen LogP contribution in [-0.2, 0) is 19.4 Å². The van der Waals surface area contributed by atoms with Gasteiger partial charge >= 0.3 is 0 Å². The maximum Gasteiger partial charge on any atom is 0.191 e. The third-order valence-electron chi connectivity index (χ3n) is 4.04. The standard InChI is InChI=1S/C19H33N7S2/c1-6-20-18(22-11-9-16-13-28-15(4)23-16)21-10-7-8-17-24-25-19(27-5)26(17)12-14(2)3/h13-14H,6-12H2,1-5H3,(H2,20,21,22). The number of aromatic nitrogens is 4. The highest BCUT2D eigenvalue weighted by Crippen LogP contribution is 2.16. The minimum absolute atomic E-state index is 0.574. The van der Waals surface area contributed by atoms with E-state index in [2.05, 4.69) is 62.8 Å². The van der Waals surface area contributed by atoms with Gasteiger partial charge in [-0.3, -0.25) is 4.99 Å². The van der Waals surface area contributed by atoms with Crippen molar-refractivity contribution in [3.05, 3.63) is 21.9 Å². The number of hydrogen-bond donors (Lipinski definition) is 2. The van der Waals surface area contributed by atoms with Gasteiger partial charge in [0.2, 0.25) is 0 Å². The minimum Gasteiger partial charge on any atom is -0.357 e. The Balaban J connectivity index is 1.82. The van der Waals surface area contributed by atoms with Gasteiger partial charge in [0.05, 0.1) is 10.7 Å².